The molecule has 0 aliphatic carbocycles. The lowest BCUT2D eigenvalue weighted by Crippen LogP contribution is -2.38. The Labute approximate surface area is 216 Å². The van der Waals surface area contributed by atoms with Gasteiger partial charge >= 0.3 is 0 Å². The maximum absolute atomic E-state index is 13.5. The molecule has 0 atom stereocenters. The van der Waals surface area contributed by atoms with Crippen LogP contribution in [0.2, 0.25) is 5.02 Å². The van der Waals surface area contributed by atoms with Crippen molar-refractivity contribution in [3.05, 3.63) is 77.8 Å². The third-order valence-electron chi connectivity index (χ3n) is 5.19. The molecule has 2 heterocycles. The molecule has 12 heteroatoms. The summed E-state index contributed by atoms with van der Waals surface area (Å²) in [5.41, 5.74) is 1.05. The molecule has 0 radical (unpaired) electrons. The zero-order valence-electron chi connectivity index (χ0n) is 18.6. The number of carbonyl (C=O) groups is 1. The fraction of sp³-hybridized carbons (Fsp3) is 0.125. The third-order valence-corrected chi connectivity index (χ3v) is 8.12. The van der Waals surface area contributed by atoms with Crippen molar-refractivity contribution in [2.75, 3.05) is 29.4 Å². The van der Waals surface area contributed by atoms with Gasteiger partial charge in [0.05, 0.1) is 10.6 Å². The maximum Gasteiger partial charge on any atom is 0.264 e. The minimum absolute atomic E-state index is 0.0497. The molecule has 184 valence electrons. The lowest BCUT2D eigenvalue weighted by Gasteiger charge is -2.26. The zero-order valence-corrected chi connectivity index (χ0v) is 21.0. The summed E-state index contributed by atoms with van der Waals surface area (Å²) in [4.78, 5) is 13.1. The van der Waals surface area contributed by atoms with Crippen LogP contribution in [0.4, 0.5) is 10.8 Å². The van der Waals surface area contributed by atoms with Crippen LogP contribution in [0.3, 0.4) is 0 Å². The summed E-state index contributed by atoms with van der Waals surface area (Å²) >= 11 is 7.10. The molecule has 0 fully saturated rings. The summed E-state index contributed by atoms with van der Waals surface area (Å²) in [7, 11) is -4.08. The van der Waals surface area contributed by atoms with E-state index in [1.807, 2.05) is 0 Å². The second-order valence-corrected chi connectivity index (χ2v) is 10.9. The number of hydrogen-bond donors (Lipinski definition) is 1. The van der Waals surface area contributed by atoms with E-state index in [4.69, 9.17) is 21.1 Å². The first-order valence-corrected chi connectivity index (χ1v) is 13.4. The highest BCUT2D eigenvalue weighted by atomic mass is 35.5. The van der Waals surface area contributed by atoms with Gasteiger partial charge in [0.25, 0.3) is 10.0 Å². The van der Waals surface area contributed by atoms with Crippen LogP contribution in [0, 0.1) is 0 Å². The first-order valence-electron chi connectivity index (χ1n) is 10.8. The zero-order chi connectivity index (χ0) is 25.1. The van der Waals surface area contributed by atoms with E-state index >= 15 is 0 Å². The summed E-state index contributed by atoms with van der Waals surface area (Å²) < 4.78 is 39.3. The standard InChI is InChI=1S/C24H19ClN4O5S2/c25-17-8-6-16(7-9-17)23-27-28-24(35-23)26-22(30)15-29(36(31,32)19-4-2-1-3-5-19)18-10-11-20-21(14-18)34-13-12-33-20/h1-11,14H,12-13,15H2,(H,26,28,30). The molecule has 5 rings (SSSR count). The first kappa shape index (κ1) is 24.0. The number of sulfonamides is 1. The van der Waals surface area contributed by atoms with Gasteiger partial charge in [-0.05, 0) is 36.4 Å². The number of benzene rings is 3. The predicted octanol–water partition coefficient (Wildman–Crippen LogP) is 4.46. The van der Waals surface area contributed by atoms with Crippen LogP contribution in [0.1, 0.15) is 0 Å². The van der Waals surface area contributed by atoms with Gasteiger partial charge in [-0.1, -0.05) is 53.3 Å². The monoisotopic (exact) mass is 542 g/mol. The number of carbonyl (C=O) groups excluding carboxylic acids is 1. The van der Waals surface area contributed by atoms with Crippen molar-refractivity contribution in [3.63, 3.8) is 0 Å². The molecule has 4 aromatic rings. The minimum Gasteiger partial charge on any atom is -0.486 e. The Morgan fingerprint density at radius 1 is 0.972 bits per heavy atom. The van der Waals surface area contributed by atoms with E-state index in [0.29, 0.717) is 34.7 Å². The third kappa shape index (κ3) is 5.13. The summed E-state index contributed by atoms with van der Waals surface area (Å²) in [6.45, 7) is 0.253. The van der Waals surface area contributed by atoms with E-state index in [0.717, 1.165) is 21.2 Å². The second kappa shape index (κ2) is 10.1. The molecule has 36 heavy (non-hydrogen) atoms. The van der Waals surface area contributed by atoms with Gasteiger partial charge in [0.15, 0.2) is 11.5 Å². The minimum atomic E-state index is -4.08. The average Bonchev–Trinajstić information content (AvgIpc) is 3.36. The normalized spacial score (nSPS) is 12.7. The average molecular weight is 543 g/mol. The highest BCUT2D eigenvalue weighted by Crippen LogP contribution is 2.36. The van der Waals surface area contributed by atoms with Gasteiger partial charge < -0.3 is 9.47 Å². The second-order valence-electron chi connectivity index (χ2n) is 7.62. The summed E-state index contributed by atoms with van der Waals surface area (Å²) in [6, 6.07) is 19.7. The Balaban J connectivity index is 1.41. The van der Waals surface area contributed by atoms with Crippen molar-refractivity contribution in [2.45, 2.75) is 4.90 Å². The summed E-state index contributed by atoms with van der Waals surface area (Å²) in [5, 5.41) is 12.2. The molecule has 0 saturated heterocycles. The van der Waals surface area contributed by atoms with Crippen LogP contribution in [0.25, 0.3) is 10.6 Å². The number of aromatic nitrogens is 2. The topological polar surface area (TPSA) is 111 Å². The van der Waals surface area contributed by atoms with E-state index < -0.39 is 22.5 Å². The molecule has 0 bridgehead atoms. The Morgan fingerprint density at radius 2 is 1.69 bits per heavy atom. The molecule has 1 aliphatic heterocycles. The number of anilines is 2. The molecule has 1 amide bonds. The van der Waals surface area contributed by atoms with E-state index in [1.165, 1.54) is 12.1 Å². The van der Waals surface area contributed by atoms with E-state index in [-0.39, 0.29) is 15.7 Å². The molecule has 1 aromatic heterocycles. The molecule has 0 spiro atoms. The van der Waals surface area contributed by atoms with Gasteiger partial charge in [0, 0.05) is 16.7 Å². The fourth-order valence-electron chi connectivity index (χ4n) is 3.49. The number of ether oxygens (including phenoxy) is 2. The Hall–Kier alpha value is -3.67. The molecule has 3 aromatic carbocycles. The van der Waals surface area contributed by atoms with E-state index in [1.54, 1.807) is 60.7 Å². The van der Waals surface area contributed by atoms with E-state index in [2.05, 4.69) is 15.5 Å². The largest absolute Gasteiger partial charge is 0.486 e. The van der Waals surface area contributed by atoms with Gasteiger partial charge in [-0.2, -0.15) is 0 Å². The number of rotatable bonds is 7. The lowest BCUT2D eigenvalue weighted by atomic mass is 10.2. The molecular formula is C24H19ClN4O5S2. The SMILES string of the molecule is O=C(CN(c1ccc2c(c1)OCCO2)S(=O)(=O)c1ccccc1)Nc1nnc(-c2ccc(Cl)cc2)s1. The number of nitrogens with zero attached hydrogens (tertiary/aromatic N) is 3. The van der Waals surface area contributed by atoms with Crippen molar-refractivity contribution >= 4 is 49.7 Å². The Kier molecular flexibility index (Phi) is 6.77. The maximum atomic E-state index is 13.5. The van der Waals surface area contributed by atoms with Crippen LogP contribution in [0.15, 0.2) is 77.7 Å². The molecule has 1 aliphatic rings. The van der Waals surface area contributed by atoms with Crippen LogP contribution in [-0.2, 0) is 14.8 Å². The molecule has 0 saturated carbocycles. The van der Waals surface area contributed by atoms with Crippen molar-refractivity contribution in [1.29, 1.82) is 0 Å². The van der Waals surface area contributed by atoms with Crippen LogP contribution < -0.4 is 19.1 Å². The molecule has 1 N–H and O–H groups in total. The van der Waals surface area contributed by atoms with Crippen molar-refractivity contribution in [2.24, 2.45) is 0 Å². The predicted molar refractivity (Wildman–Crippen MR) is 137 cm³/mol. The smallest absolute Gasteiger partial charge is 0.264 e. The van der Waals surface area contributed by atoms with Crippen molar-refractivity contribution < 1.29 is 22.7 Å². The number of amides is 1. The van der Waals surface area contributed by atoms with Crippen LogP contribution >= 0.6 is 22.9 Å². The van der Waals surface area contributed by atoms with E-state index in [9.17, 15) is 13.2 Å². The Bertz CT molecular complexity index is 1490. The number of fused-ring (bicyclic) bond motifs is 1. The number of halogens is 1. The number of nitrogens with one attached hydrogen (secondary N) is 1. The van der Waals surface area contributed by atoms with Crippen LogP contribution in [-0.4, -0.2) is 44.3 Å². The van der Waals surface area contributed by atoms with Crippen molar-refractivity contribution in [3.8, 4) is 22.1 Å². The molecule has 9 nitrogen and oxygen atoms in total. The summed E-state index contributed by atoms with van der Waals surface area (Å²) in [6.07, 6.45) is 0. The fourth-order valence-corrected chi connectivity index (χ4v) is 5.82. The molecular weight excluding hydrogens is 524 g/mol. The lowest BCUT2D eigenvalue weighted by molar-refractivity contribution is -0.114. The van der Waals surface area contributed by atoms with Gasteiger partial charge in [0.2, 0.25) is 11.0 Å². The van der Waals surface area contributed by atoms with Gasteiger partial charge in [-0.25, -0.2) is 8.42 Å². The first-order chi connectivity index (χ1) is 17.4. The Morgan fingerprint density at radius 3 is 2.44 bits per heavy atom. The van der Waals surface area contributed by atoms with Gasteiger partial charge in [-0.15, -0.1) is 10.2 Å². The number of hydrogen-bond acceptors (Lipinski definition) is 8. The van der Waals surface area contributed by atoms with Crippen LogP contribution in [0.5, 0.6) is 11.5 Å². The molecule has 0 unspecified atom stereocenters. The van der Waals surface area contributed by atoms with Gasteiger partial charge in [0.1, 0.15) is 24.8 Å². The van der Waals surface area contributed by atoms with Gasteiger partial charge in [-0.3, -0.25) is 14.4 Å². The highest BCUT2D eigenvalue weighted by molar-refractivity contribution is 7.92. The van der Waals surface area contributed by atoms with Crippen molar-refractivity contribution in [1.82, 2.24) is 10.2 Å². The highest BCUT2D eigenvalue weighted by Gasteiger charge is 2.29. The summed E-state index contributed by atoms with van der Waals surface area (Å²) in [5.74, 6) is 0.336. The quantitative estimate of drug-likeness (QED) is 0.367.